The lowest BCUT2D eigenvalue weighted by atomic mass is 9.99. The Labute approximate surface area is 125 Å². The normalized spacial score (nSPS) is 10.2. The lowest BCUT2D eigenvalue weighted by molar-refractivity contribution is -0.385. The Bertz CT molecular complexity index is 755. The molecular formula is C15H10ClNO4. The molecule has 5 nitrogen and oxygen atoms in total. The number of benzene rings is 2. The maximum Gasteiger partial charge on any atom is 0.280 e. The van der Waals surface area contributed by atoms with Crippen LogP contribution in [0.2, 0.25) is 5.02 Å². The molecule has 0 N–H and O–H groups in total. The molecule has 0 fully saturated rings. The minimum Gasteiger partial charge on any atom is -0.285 e. The van der Waals surface area contributed by atoms with E-state index in [9.17, 15) is 19.7 Å². The van der Waals surface area contributed by atoms with Gasteiger partial charge in [-0.1, -0.05) is 29.8 Å². The van der Waals surface area contributed by atoms with Crippen molar-refractivity contribution in [2.24, 2.45) is 0 Å². The predicted octanol–water partition coefficient (Wildman–Crippen LogP) is 3.62. The van der Waals surface area contributed by atoms with Gasteiger partial charge in [0.25, 0.3) is 5.69 Å². The van der Waals surface area contributed by atoms with Crippen molar-refractivity contribution >= 4 is 28.9 Å². The van der Waals surface area contributed by atoms with E-state index < -0.39 is 22.2 Å². The molecule has 0 atom stereocenters. The number of rotatable bonds is 4. The highest BCUT2D eigenvalue weighted by Gasteiger charge is 2.27. The van der Waals surface area contributed by atoms with Crippen LogP contribution in [0.5, 0.6) is 0 Å². The highest BCUT2D eigenvalue weighted by atomic mass is 35.5. The summed E-state index contributed by atoms with van der Waals surface area (Å²) in [7, 11) is 0. The summed E-state index contributed by atoms with van der Waals surface area (Å²) in [5.74, 6) is -1.82. The molecule has 0 saturated heterocycles. The fourth-order valence-electron chi connectivity index (χ4n) is 1.87. The lowest BCUT2D eigenvalue weighted by Crippen LogP contribution is -2.16. The van der Waals surface area contributed by atoms with E-state index in [2.05, 4.69) is 0 Å². The van der Waals surface area contributed by atoms with Crippen LogP contribution < -0.4 is 0 Å². The molecule has 0 aliphatic carbocycles. The highest BCUT2D eigenvalue weighted by Crippen LogP contribution is 2.23. The smallest absolute Gasteiger partial charge is 0.280 e. The van der Waals surface area contributed by atoms with E-state index in [0.717, 1.165) is 5.56 Å². The van der Waals surface area contributed by atoms with Gasteiger partial charge in [-0.15, -0.1) is 0 Å². The first-order valence-corrected chi connectivity index (χ1v) is 6.38. The highest BCUT2D eigenvalue weighted by molar-refractivity contribution is 6.52. The number of hydrogen-bond donors (Lipinski definition) is 0. The number of Topliss-reactive ketones (excluding diaryl/α,β-unsaturated/α-hetero) is 2. The van der Waals surface area contributed by atoms with Crippen molar-refractivity contribution in [3.63, 3.8) is 0 Å². The van der Waals surface area contributed by atoms with Gasteiger partial charge in [-0.2, -0.15) is 0 Å². The molecule has 0 heterocycles. The zero-order chi connectivity index (χ0) is 15.6. The van der Waals surface area contributed by atoms with Crippen molar-refractivity contribution in [3.8, 4) is 0 Å². The first-order valence-electron chi connectivity index (χ1n) is 6.00. The molecule has 0 aliphatic rings. The second-order valence-electron chi connectivity index (χ2n) is 4.42. The van der Waals surface area contributed by atoms with Crippen LogP contribution in [-0.4, -0.2) is 16.5 Å². The topological polar surface area (TPSA) is 77.3 Å². The molecular weight excluding hydrogens is 294 g/mol. The van der Waals surface area contributed by atoms with E-state index in [0.29, 0.717) is 0 Å². The number of nitro groups is 1. The zero-order valence-corrected chi connectivity index (χ0v) is 11.8. The average molecular weight is 304 g/mol. The van der Waals surface area contributed by atoms with E-state index in [1.807, 2.05) is 0 Å². The molecule has 0 aliphatic heterocycles. The lowest BCUT2D eigenvalue weighted by Gasteiger charge is -2.04. The fourth-order valence-corrected chi connectivity index (χ4v) is 2.19. The summed E-state index contributed by atoms with van der Waals surface area (Å²) in [5, 5.41) is 11.1. The molecule has 106 valence electrons. The summed E-state index contributed by atoms with van der Waals surface area (Å²) >= 11 is 5.95. The predicted molar refractivity (Wildman–Crippen MR) is 77.9 cm³/mol. The van der Waals surface area contributed by atoms with Crippen LogP contribution in [-0.2, 0) is 0 Å². The Balaban J connectivity index is 2.45. The standard InChI is InChI=1S/C15H10ClNO4/c1-9-6-7-10(12(16)8-9)14(18)15(19)11-4-2-3-5-13(11)17(20)21/h2-8H,1H3. The van der Waals surface area contributed by atoms with E-state index in [1.165, 1.54) is 30.3 Å². The van der Waals surface area contributed by atoms with Crippen LogP contribution in [0.15, 0.2) is 42.5 Å². The van der Waals surface area contributed by atoms with Gasteiger partial charge in [0.2, 0.25) is 11.6 Å². The maximum atomic E-state index is 12.2. The number of carbonyl (C=O) groups excluding carboxylic acids is 2. The largest absolute Gasteiger partial charge is 0.285 e. The Morgan fingerprint density at radius 2 is 1.67 bits per heavy atom. The summed E-state index contributed by atoms with van der Waals surface area (Å²) in [5.41, 5.74) is 0.225. The van der Waals surface area contributed by atoms with Crippen LogP contribution in [0.1, 0.15) is 26.3 Å². The molecule has 0 radical (unpaired) electrons. The van der Waals surface area contributed by atoms with Gasteiger partial charge in [0.1, 0.15) is 5.56 Å². The summed E-state index contributed by atoms with van der Waals surface area (Å²) in [6.07, 6.45) is 0. The summed E-state index contributed by atoms with van der Waals surface area (Å²) in [4.78, 5) is 34.6. The minimum atomic E-state index is -0.951. The molecule has 0 amide bonds. The molecule has 21 heavy (non-hydrogen) atoms. The minimum absolute atomic E-state index is 0.0328. The first-order chi connectivity index (χ1) is 9.91. The van der Waals surface area contributed by atoms with Crippen LogP contribution in [0, 0.1) is 17.0 Å². The Morgan fingerprint density at radius 1 is 1.05 bits per heavy atom. The third-order valence-electron chi connectivity index (χ3n) is 2.92. The summed E-state index contributed by atoms with van der Waals surface area (Å²) < 4.78 is 0. The average Bonchev–Trinajstić information content (AvgIpc) is 2.45. The molecule has 0 unspecified atom stereocenters. The number of carbonyl (C=O) groups is 2. The Morgan fingerprint density at radius 3 is 2.29 bits per heavy atom. The van der Waals surface area contributed by atoms with Gasteiger partial charge in [0, 0.05) is 11.6 Å². The number of para-hydroxylation sites is 1. The van der Waals surface area contributed by atoms with Gasteiger partial charge >= 0.3 is 0 Å². The molecule has 0 aromatic heterocycles. The molecule has 6 heteroatoms. The van der Waals surface area contributed by atoms with Crippen molar-refractivity contribution in [2.45, 2.75) is 6.92 Å². The van der Waals surface area contributed by atoms with Gasteiger partial charge in [0.15, 0.2) is 0 Å². The zero-order valence-electron chi connectivity index (χ0n) is 11.0. The number of aryl methyl sites for hydroxylation is 1. The van der Waals surface area contributed by atoms with Crippen molar-refractivity contribution in [1.82, 2.24) is 0 Å². The van der Waals surface area contributed by atoms with Crippen molar-refractivity contribution in [3.05, 3.63) is 74.3 Å². The monoisotopic (exact) mass is 303 g/mol. The molecule has 2 aromatic carbocycles. The molecule has 0 spiro atoms. The van der Waals surface area contributed by atoms with E-state index in [1.54, 1.807) is 19.1 Å². The number of halogens is 1. The van der Waals surface area contributed by atoms with E-state index >= 15 is 0 Å². The second-order valence-corrected chi connectivity index (χ2v) is 4.82. The van der Waals surface area contributed by atoms with Crippen LogP contribution in [0.4, 0.5) is 5.69 Å². The summed E-state index contributed by atoms with van der Waals surface area (Å²) in [6, 6.07) is 9.96. The van der Waals surface area contributed by atoms with Crippen molar-refractivity contribution < 1.29 is 14.5 Å². The summed E-state index contributed by atoms with van der Waals surface area (Å²) in [6.45, 7) is 1.80. The number of ketones is 2. The third kappa shape index (κ3) is 2.98. The quantitative estimate of drug-likeness (QED) is 0.374. The SMILES string of the molecule is Cc1ccc(C(=O)C(=O)c2ccccc2[N+](=O)[O-])c(Cl)c1. The Kier molecular flexibility index (Phi) is 4.14. The van der Waals surface area contributed by atoms with Gasteiger partial charge in [-0.25, -0.2) is 0 Å². The third-order valence-corrected chi connectivity index (χ3v) is 3.23. The molecule has 2 aromatic rings. The number of hydrogen-bond acceptors (Lipinski definition) is 4. The van der Waals surface area contributed by atoms with Crippen LogP contribution >= 0.6 is 11.6 Å². The second kappa shape index (κ2) is 5.85. The molecule has 0 saturated carbocycles. The van der Waals surface area contributed by atoms with E-state index in [-0.39, 0.29) is 16.1 Å². The number of nitro benzene ring substituents is 1. The van der Waals surface area contributed by atoms with Crippen molar-refractivity contribution in [2.75, 3.05) is 0 Å². The number of nitrogens with zero attached hydrogens (tertiary/aromatic N) is 1. The van der Waals surface area contributed by atoms with Crippen molar-refractivity contribution in [1.29, 1.82) is 0 Å². The van der Waals surface area contributed by atoms with Gasteiger partial charge < -0.3 is 0 Å². The molecule has 2 rings (SSSR count). The van der Waals surface area contributed by atoms with Crippen LogP contribution in [0.3, 0.4) is 0 Å². The maximum absolute atomic E-state index is 12.2. The Hall–Kier alpha value is -2.53. The molecule has 0 bridgehead atoms. The fraction of sp³-hybridized carbons (Fsp3) is 0.0667. The van der Waals surface area contributed by atoms with Crippen LogP contribution in [0.25, 0.3) is 0 Å². The van der Waals surface area contributed by atoms with E-state index in [4.69, 9.17) is 11.6 Å². The van der Waals surface area contributed by atoms with Gasteiger partial charge in [0.05, 0.1) is 9.95 Å². The first kappa shape index (κ1) is 14.9. The van der Waals surface area contributed by atoms with Gasteiger partial charge in [-0.05, 0) is 30.7 Å². The van der Waals surface area contributed by atoms with Gasteiger partial charge in [-0.3, -0.25) is 19.7 Å².